The molecule has 0 fully saturated rings. The van der Waals surface area contributed by atoms with E-state index in [1.54, 1.807) is 19.4 Å². The molecule has 16 heavy (non-hydrogen) atoms. The van der Waals surface area contributed by atoms with Crippen molar-refractivity contribution in [1.29, 1.82) is 0 Å². The minimum Gasteiger partial charge on any atom is -0.478 e. The third-order valence-corrected chi connectivity index (χ3v) is 1.93. The molecule has 0 radical (unpaired) electrons. The largest absolute Gasteiger partial charge is 0.478 e. The first kappa shape index (κ1) is 12.7. The second-order valence-corrected chi connectivity index (χ2v) is 3.31. The van der Waals surface area contributed by atoms with Gasteiger partial charge in [0.2, 0.25) is 5.88 Å². The minimum absolute atomic E-state index is 0.317. The Morgan fingerprint density at radius 2 is 2.31 bits per heavy atom. The van der Waals surface area contributed by atoms with E-state index >= 15 is 0 Å². The quantitative estimate of drug-likeness (QED) is 0.723. The highest BCUT2D eigenvalue weighted by atomic mass is 16.5. The fourth-order valence-corrected chi connectivity index (χ4v) is 1.21. The molecule has 5 heteroatoms. The molecule has 0 amide bonds. The van der Waals surface area contributed by atoms with Crippen molar-refractivity contribution in [3.63, 3.8) is 0 Å². The van der Waals surface area contributed by atoms with Crippen LogP contribution in [0.1, 0.15) is 6.92 Å². The predicted molar refractivity (Wildman–Crippen MR) is 61.8 cm³/mol. The first-order chi connectivity index (χ1) is 7.76. The summed E-state index contributed by atoms with van der Waals surface area (Å²) in [5.74, 6) is 0.602. The Labute approximate surface area is 95.4 Å². The van der Waals surface area contributed by atoms with Gasteiger partial charge in [0.15, 0.2) is 0 Å². The number of anilines is 1. The van der Waals surface area contributed by atoms with Gasteiger partial charge in [0.05, 0.1) is 31.2 Å². The van der Waals surface area contributed by atoms with Gasteiger partial charge in [0.25, 0.3) is 0 Å². The molecule has 0 bridgehead atoms. The van der Waals surface area contributed by atoms with Crippen molar-refractivity contribution in [3.05, 3.63) is 18.3 Å². The molecule has 0 saturated heterocycles. The Bertz CT molecular complexity index is 290. The lowest BCUT2D eigenvalue weighted by Gasteiger charge is -2.11. The Kier molecular flexibility index (Phi) is 5.60. The number of methoxy groups -OCH3 is 1. The van der Waals surface area contributed by atoms with E-state index < -0.39 is 6.10 Å². The van der Waals surface area contributed by atoms with E-state index in [0.29, 0.717) is 25.6 Å². The van der Waals surface area contributed by atoms with E-state index in [9.17, 15) is 5.11 Å². The Morgan fingerprint density at radius 1 is 1.50 bits per heavy atom. The molecule has 0 aromatic carbocycles. The summed E-state index contributed by atoms with van der Waals surface area (Å²) < 4.78 is 10.0. The number of ether oxygens (including phenoxy) is 2. The third-order valence-electron chi connectivity index (χ3n) is 1.93. The van der Waals surface area contributed by atoms with Gasteiger partial charge in [0, 0.05) is 19.7 Å². The van der Waals surface area contributed by atoms with Crippen LogP contribution in [-0.4, -0.2) is 43.1 Å². The molecule has 1 heterocycles. The molecule has 1 aromatic heterocycles. The minimum atomic E-state index is -0.517. The first-order valence-electron chi connectivity index (χ1n) is 5.26. The van der Waals surface area contributed by atoms with Crippen LogP contribution in [0.5, 0.6) is 5.88 Å². The molecule has 5 nitrogen and oxygen atoms in total. The maximum Gasteiger partial charge on any atom is 0.213 e. The average molecular weight is 226 g/mol. The maximum atomic E-state index is 9.42. The van der Waals surface area contributed by atoms with Crippen LogP contribution in [0.2, 0.25) is 0 Å². The van der Waals surface area contributed by atoms with Gasteiger partial charge in [-0.25, -0.2) is 4.98 Å². The molecule has 2 N–H and O–H groups in total. The van der Waals surface area contributed by atoms with E-state index in [4.69, 9.17) is 9.47 Å². The van der Waals surface area contributed by atoms with Gasteiger partial charge in [0.1, 0.15) is 0 Å². The fourth-order valence-electron chi connectivity index (χ4n) is 1.21. The van der Waals surface area contributed by atoms with E-state index in [0.717, 1.165) is 5.69 Å². The van der Waals surface area contributed by atoms with Crippen LogP contribution < -0.4 is 10.1 Å². The normalized spacial score (nSPS) is 12.2. The Morgan fingerprint density at radius 3 is 2.88 bits per heavy atom. The van der Waals surface area contributed by atoms with Gasteiger partial charge in [-0.2, -0.15) is 0 Å². The van der Waals surface area contributed by atoms with Crippen LogP contribution in [0.25, 0.3) is 0 Å². The molecule has 0 aliphatic heterocycles. The van der Waals surface area contributed by atoms with Gasteiger partial charge in [-0.1, -0.05) is 0 Å². The summed E-state index contributed by atoms with van der Waals surface area (Å²) in [7, 11) is 1.56. The van der Waals surface area contributed by atoms with E-state index in [1.165, 1.54) is 0 Å². The summed E-state index contributed by atoms with van der Waals surface area (Å²) in [6, 6.07) is 3.64. The lowest BCUT2D eigenvalue weighted by molar-refractivity contribution is 0.0727. The predicted octanol–water partition coefficient (Wildman–Crippen LogP) is 0.899. The van der Waals surface area contributed by atoms with Crippen LogP contribution in [0.3, 0.4) is 0 Å². The topological polar surface area (TPSA) is 63.6 Å². The van der Waals surface area contributed by atoms with Gasteiger partial charge < -0.3 is 19.9 Å². The first-order valence-corrected chi connectivity index (χ1v) is 5.26. The summed E-state index contributed by atoms with van der Waals surface area (Å²) in [4.78, 5) is 4.09. The van der Waals surface area contributed by atoms with Gasteiger partial charge >= 0.3 is 0 Å². The fraction of sp³-hybridized carbons (Fsp3) is 0.545. The number of aromatic nitrogens is 1. The highest BCUT2D eigenvalue weighted by molar-refractivity contribution is 5.42. The SMILES string of the molecule is CCOc1ccc(NCC(O)COC)cn1. The molecule has 1 unspecified atom stereocenters. The maximum absolute atomic E-state index is 9.42. The molecule has 90 valence electrons. The van der Waals surface area contributed by atoms with Gasteiger partial charge in [-0.3, -0.25) is 0 Å². The summed E-state index contributed by atoms with van der Waals surface area (Å²) in [5.41, 5.74) is 0.846. The van der Waals surface area contributed by atoms with Gasteiger partial charge in [-0.15, -0.1) is 0 Å². The highest BCUT2D eigenvalue weighted by Crippen LogP contribution is 2.11. The molecule has 0 aliphatic rings. The third kappa shape index (κ3) is 4.46. The summed E-state index contributed by atoms with van der Waals surface area (Å²) in [6.07, 6.45) is 1.15. The molecular formula is C11H18N2O3. The average Bonchev–Trinajstić information content (AvgIpc) is 2.29. The van der Waals surface area contributed by atoms with Crippen molar-refractivity contribution in [2.75, 3.05) is 32.2 Å². The van der Waals surface area contributed by atoms with Crippen molar-refractivity contribution in [2.45, 2.75) is 13.0 Å². The number of aliphatic hydroxyl groups excluding tert-OH is 1. The molecule has 1 aromatic rings. The Hall–Kier alpha value is -1.33. The van der Waals surface area contributed by atoms with Crippen molar-refractivity contribution >= 4 is 5.69 Å². The van der Waals surface area contributed by atoms with Crippen LogP contribution in [0.4, 0.5) is 5.69 Å². The second kappa shape index (κ2) is 7.03. The van der Waals surface area contributed by atoms with Crippen molar-refractivity contribution < 1.29 is 14.6 Å². The number of pyridine rings is 1. The lowest BCUT2D eigenvalue weighted by atomic mass is 10.3. The van der Waals surface area contributed by atoms with Crippen LogP contribution >= 0.6 is 0 Å². The van der Waals surface area contributed by atoms with Crippen LogP contribution in [-0.2, 0) is 4.74 Å². The number of aliphatic hydroxyl groups is 1. The number of hydrogen-bond acceptors (Lipinski definition) is 5. The Balaban J connectivity index is 2.37. The molecular weight excluding hydrogens is 208 g/mol. The standard InChI is InChI=1S/C11H18N2O3/c1-3-16-11-5-4-9(6-13-11)12-7-10(14)8-15-2/h4-6,10,12,14H,3,7-8H2,1-2H3. The molecule has 0 saturated carbocycles. The van der Waals surface area contributed by atoms with E-state index in [2.05, 4.69) is 10.3 Å². The molecule has 0 spiro atoms. The smallest absolute Gasteiger partial charge is 0.213 e. The zero-order chi connectivity index (χ0) is 11.8. The van der Waals surface area contributed by atoms with Gasteiger partial charge in [-0.05, 0) is 13.0 Å². The van der Waals surface area contributed by atoms with Crippen LogP contribution in [0, 0.1) is 0 Å². The monoisotopic (exact) mass is 226 g/mol. The number of rotatable bonds is 7. The van der Waals surface area contributed by atoms with Crippen molar-refractivity contribution in [3.8, 4) is 5.88 Å². The van der Waals surface area contributed by atoms with E-state index in [-0.39, 0.29) is 0 Å². The summed E-state index contributed by atoms with van der Waals surface area (Å²) in [5, 5.41) is 12.5. The summed E-state index contributed by atoms with van der Waals surface area (Å²) in [6.45, 7) is 3.27. The number of hydrogen-bond donors (Lipinski definition) is 2. The lowest BCUT2D eigenvalue weighted by Crippen LogP contribution is -2.24. The van der Waals surface area contributed by atoms with Crippen molar-refractivity contribution in [1.82, 2.24) is 4.98 Å². The highest BCUT2D eigenvalue weighted by Gasteiger charge is 2.02. The van der Waals surface area contributed by atoms with Crippen LogP contribution in [0.15, 0.2) is 18.3 Å². The van der Waals surface area contributed by atoms with Crippen molar-refractivity contribution in [2.24, 2.45) is 0 Å². The second-order valence-electron chi connectivity index (χ2n) is 3.31. The molecule has 1 atom stereocenters. The summed E-state index contributed by atoms with van der Waals surface area (Å²) >= 11 is 0. The zero-order valence-corrected chi connectivity index (χ0v) is 9.64. The number of nitrogens with zero attached hydrogens (tertiary/aromatic N) is 1. The molecule has 1 rings (SSSR count). The van der Waals surface area contributed by atoms with E-state index in [1.807, 2.05) is 13.0 Å². The number of nitrogens with one attached hydrogen (secondary N) is 1. The zero-order valence-electron chi connectivity index (χ0n) is 9.64. The molecule has 0 aliphatic carbocycles.